The lowest BCUT2D eigenvalue weighted by molar-refractivity contribution is 1.18. The Kier molecular flexibility index (Phi) is 1.53. The minimum atomic E-state index is 0.943. The van der Waals surface area contributed by atoms with Crippen molar-refractivity contribution in [2.24, 2.45) is 0 Å². The first-order chi connectivity index (χ1) is 4.36. The van der Waals surface area contributed by atoms with Gasteiger partial charge in [0, 0.05) is 4.88 Å². The normalized spacial score (nSPS) is 18.3. The maximum atomic E-state index is 2.38. The van der Waals surface area contributed by atoms with Gasteiger partial charge in [-0.05, 0) is 53.5 Å². The van der Waals surface area contributed by atoms with Crippen LogP contribution >= 0.6 is 33.9 Å². The third-order valence-corrected chi connectivity index (χ3v) is 3.63. The Morgan fingerprint density at radius 1 is 1.44 bits per heavy atom. The molecule has 1 aliphatic carbocycles. The molecule has 0 nitrogen and oxygen atoms in total. The van der Waals surface area contributed by atoms with Gasteiger partial charge in [0.05, 0.1) is 2.88 Å². The average Bonchev–Trinajstić information content (AvgIpc) is 2.58. The average molecular weight is 250 g/mol. The van der Waals surface area contributed by atoms with Crippen molar-refractivity contribution >= 4 is 33.9 Å². The Balaban J connectivity index is 2.28. The molecule has 0 radical (unpaired) electrons. The number of thiophene rings is 1. The van der Waals surface area contributed by atoms with E-state index in [0.717, 1.165) is 5.92 Å². The molecule has 1 aromatic rings. The Morgan fingerprint density at radius 3 is 2.67 bits per heavy atom. The molecule has 0 saturated heterocycles. The van der Waals surface area contributed by atoms with E-state index < -0.39 is 0 Å². The van der Waals surface area contributed by atoms with E-state index >= 15 is 0 Å². The van der Waals surface area contributed by atoms with Gasteiger partial charge in [-0.1, -0.05) is 0 Å². The van der Waals surface area contributed by atoms with Crippen molar-refractivity contribution < 1.29 is 0 Å². The summed E-state index contributed by atoms with van der Waals surface area (Å²) < 4.78 is 1.43. The third-order valence-electron chi connectivity index (χ3n) is 1.57. The molecule has 1 aromatic heterocycles. The quantitative estimate of drug-likeness (QED) is 0.671. The van der Waals surface area contributed by atoms with E-state index in [4.69, 9.17) is 0 Å². The number of hydrogen-bond donors (Lipinski definition) is 0. The SMILES string of the molecule is Ic1ccc(C2CC2)s1. The van der Waals surface area contributed by atoms with Crippen LogP contribution in [0.4, 0.5) is 0 Å². The maximum absolute atomic E-state index is 2.38. The first kappa shape index (κ1) is 6.16. The van der Waals surface area contributed by atoms with Gasteiger partial charge >= 0.3 is 0 Å². The molecule has 0 N–H and O–H groups in total. The molecule has 9 heavy (non-hydrogen) atoms. The zero-order valence-corrected chi connectivity index (χ0v) is 7.91. The first-order valence-electron chi connectivity index (χ1n) is 3.11. The summed E-state index contributed by atoms with van der Waals surface area (Å²) in [6.07, 6.45) is 2.85. The highest BCUT2D eigenvalue weighted by Crippen LogP contribution is 2.43. The van der Waals surface area contributed by atoms with Crippen LogP contribution in [0.1, 0.15) is 23.6 Å². The van der Waals surface area contributed by atoms with Crippen molar-refractivity contribution in [1.82, 2.24) is 0 Å². The second kappa shape index (κ2) is 2.23. The van der Waals surface area contributed by atoms with E-state index in [2.05, 4.69) is 34.7 Å². The van der Waals surface area contributed by atoms with E-state index in [-0.39, 0.29) is 0 Å². The van der Waals surface area contributed by atoms with Gasteiger partial charge in [0.2, 0.25) is 0 Å². The van der Waals surface area contributed by atoms with Crippen LogP contribution in [-0.2, 0) is 0 Å². The van der Waals surface area contributed by atoms with Crippen molar-refractivity contribution in [1.29, 1.82) is 0 Å². The van der Waals surface area contributed by atoms with E-state index in [0.29, 0.717) is 0 Å². The number of hydrogen-bond acceptors (Lipinski definition) is 1. The van der Waals surface area contributed by atoms with Gasteiger partial charge in [0.1, 0.15) is 0 Å². The van der Waals surface area contributed by atoms with Gasteiger partial charge in [-0.15, -0.1) is 11.3 Å². The molecule has 0 aliphatic heterocycles. The van der Waals surface area contributed by atoms with Crippen LogP contribution in [0.25, 0.3) is 0 Å². The van der Waals surface area contributed by atoms with Crippen LogP contribution in [0.3, 0.4) is 0 Å². The van der Waals surface area contributed by atoms with Crippen molar-refractivity contribution in [3.05, 3.63) is 19.9 Å². The summed E-state index contributed by atoms with van der Waals surface area (Å²) >= 11 is 4.33. The van der Waals surface area contributed by atoms with Gasteiger partial charge in [-0.25, -0.2) is 0 Å². The summed E-state index contributed by atoms with van der Waals surface area (Å²) in [4.78, 5) is 1.60. The third kappa shape index (κ3) is 1.29. The molecular weight excluding hydrogens is 243 g/mol. The van der Waals surface area contributed by atoms with Gasteiger partial charge in [0.15, 0.2) is 0 Å². The minimum absolute atomic E-state index is 0.943. The predicted octanol–water partition coefficient (Wildman–Crippen LogP) is 3.23. The molecule has 0 unspecified atom stereocenters. The molecule has 1 saturated carbocycles. The van der Waals surface area contributed by atoms with E-state index in [9.17, 15) is 0 Å². The van der Waals surface area contributed by atoms with Gasteiger partial charge in [-0.2, -0.15) is 0 Å². The molecular formula is C7H7IS. The highest BCUT2D eigenvalue weighted by atomic mass is 127. The molecule has 48 valence electrons. The summed E-state index contributed by atoms with van der Waals surface area (Å²) in [5.41, 5.74) is 0. The van der Waals surface area contributed by atoms with Crippen LogP contribution in [0, 0.1) is 2.88 Å². The summed E-state index contributed by atoms with van der Waals surface area (Å²) in [6, 6.07) is 4.48. The molecule has 2 heteroatoms. The van der Waals surface area contributed by atoms with Gasteiger partial charge in [-0.3, -0.25) is 0 Å². The second-order valence-electron chi connectivity index (χ2n) is 2.42. The summed E-state index contributed by atoms with van der Waals surface area (Å²) in [6.45, 7) is 0. The monoisotopic (exact) mass is 250 g/mol. The Morgan fingerprint density at radius 2 is 2.22 bits per heavy atom. The number of rotatable bonds is 1. The summed E-state index contributed by atoms with van der Waals surface area (Å²) in [5.74, 6) is 0.943. The summed E-state index contributed by atoms with van der Waals surface area (Å²) in [7, 11) is 0. The minimum Gasteiger partial charge on any atom is -0.134 e. The van der Waals surface area contributed by atoms with Crippen LogP contribution < -0.4 is 0 Å². The van der Waals surface area contributed by atoms with E-state index in [1.165, 1.54) is 15.7 Å². The second-order valence-corrected chi connectivity index (χ2v) is 5.43. The molecule has 1 aliphatic rings. The fraction of sp³-hybridized carbons (Fsp3) is 0.429. The zero-order chi connectivity index (χ0) is 6.27. The molecule has 0 aromatic carbocycles. The molecule has 0 bridgehead atoms. The van der Waals surface area contributed by atoms with E-state index in [1.807, 2.05) is 11.3 Å². The molecule has 2 rings (SSSR count). The van der Waals surface area contributed by atoms with Crippen molar-refractivity contribution in [3.63, 3.8) is 0 Å². The Labute approximate surface area is 72.4 Å². The van der Waals surface area contributed by atoms with Crippen LogP contribution in [0.15, 0.2) is 12.1 Å². The lowest BCUT2D eigenvalue weighted by atomic mass is 10.3. The largest absolute Gasteiger partial charge is 0.134 e. The Hall–Kier alpha value is 0.430. The molecule has 1 fully saturated rings. The van der Waals surface area contributed by atoms with Crippen LogP contribution in [0.5, 0.6) is 0 Å². The smallest absolute Gasteiger partial charge is 0.0656 e. The fourth-order valence-corrected chi connectivity index (χ4v) is 2.76. The highest BCUT2D eigenvalue weighted by Gasteiger charge is 2.24. The van der Waals surface area contributed by atoms with Crippen LogP contribution in [0.2, 0.25) is 0 Å². The summed E-state index contributed by atoms with van der Waals surface area (Å²) in [5, 5.41) is 0. The fourth-order valence-electron chi connectivity index (χ4n) is 0.916. The number of halogens is 1. The van der Waals surface area contributed by atoms with E-state index in [1.54, 1.807) is 4.88 Å². The van der Waals surface area contributed by atoms with Crippen molar-refractivity contribution in [3.8, 4) is 0 Å². The highest BCUT2D eigenvalue weighted by molar-refractivity contribution is 14.1. The zero-order valence-electron chi connectivity index (χ0n) is 4.93. The van der Waals surface area contributed by atoms with Crippen molar-refractivity contribution in [2.75, 3.05) is 0 Å². The molecule has 0 amide bonds. The van der Waals surface area contributed by atoms with Crippen molar-refractivity contribution in [2.45, 2.75) is 18.8 Å². The van der Waals surface area contributed by atoms with Crippen LogP contribution in [-0.4, -0.2) is 0 Å². The van der Waals surface area contributed by atoms with Gasteiger partial charge in [0.25, 0.3) is 0 Å². The molecule has 1 heterocycles. The lowest BCUT2D eigenvalue weighted by Gasteiger charge is -1.83. The molecule has 0 atom stereocenters. The Bertz CT molecular complexity index is 212. The van der Waals surface area contributed by atoms with Gasteiger partial charge < -0.3 is 0 Å². The molecule has 0 spiro atoms. The first-order valence-corrected chi connectivity index (χ1v) is 5.01. The standard InChI is InChI=1S/C7H7IS/c8-7-4-3-6(9-7)5-1-2-5/h3-5H,1-2H2. The maximum Gasteiger partial charge on any atom is 0.0656 e. The lowest BCUT2D eigenvalue weighted by Crippen LogP contribution is -1.62. The topological polar surface area (TPSA) is 0 Å². The predicted molar refractivity (Wildman–Crippen MR) is 49.0 cm³/mol.